The summed E-state index contributed by atoms with van der Waals surface area (Å²) in [5.41, 5.74) is 1.40. The molecule has 6 atom stereocenters. The van der Waals surface area contributed by atoms with Crippen molar-refractivity contribution in [2.75, 3.05) is 19.5 Å². The molecule has 5 heteroatoms. The summed E-state index contributed by atoms with van der Waals surface area (Å²) in [6.07, 6.45) is 14.5. The highest BCUT2D eigenvalue weighted by Gasteiger charge is 2.61. The first-order valence-electron chi connectivity index (χ1n) is 13.2. The predicted molar refractivity (Wildman–Crippen MR) is 133 cm³/mol. The number of aldehydes is 1. The Hall–Kier alpha value is -0.360. The maximum Gasteiger partial charge on any atom is 0.168 e. The van der Waals surface area contributed by atoms with Crippen molar-refractivity contribution < 1.29 is 19.0 Å². The average Bonchev–Trinajstić information content (AvgIpc) is 3.11. The van der Waals surface area contributed by atoms with Crippen molar-refractivity contribution in [1.82, 2.24) is 0 Å². The molecule has 0 aromatic carbocycles. The van der Waals surface area contributed by atoms with Crippen molar-refractivity contribution in [3.8, 4) is 0 Å². The molecule has 4 aliphatic carbocycles. The lowest BCUT2D eigenvalue weighted by Crippen LogP contribution is -2.57. The van der Waals surface area contributed by atoms with Crippen molar-refractivity contribution in [2.45, 2.75) is 103 Å². The monoisotopic (exact) mass is 476 g/mol. The highest BCUT2D eigenvalue weighted by Crippen LogP contribution is 2.65. The molecule has 3 saturated carbocycles. The number of hydrogen-bond acceptors (Lipinski definition) is 5. The Balaban J connectivity index is 1.39. The summed E-state index contributed by atoms with van der Waals surface area (Å²) >= 11 is 1.80. The molecule has 1 spiro atoms. The van der Waals surface area contributed by atoms with Gasteiger partial charge in [-0.05, 0) is 76.4 Å². The zero-order chi connectivity index (χ0) is 23.7. The SMILES string of the molecule is CSC(C)(C)OC1CCC2C3CCC4CC5(CCC4(C=O)C3=CCC12C)OCC(C)(C)CO5. The Kier molecular flexibility index (Phi) is 5.96. The van der Waals surface area contributed by atoms with Gasteiger partial charge in [0.05, 0.1) is 24.7 Å². The molecular weight excluding hydrogens is 432 g/mol. The van der Waals surface area contributed by atoms with E-state index in [0.717, 1.165) is 51.7 Å². The Morgan fingerprint density at radius 2 is 1.82 bits per heavy atom. The Labute approximate surface area is 204 Å². The van der Waals surface area contributed by atoms with E-state index in [1.165, 1.54) is 24.7 Å². The van der Waals surface area contributed by atoms with Crippen LogP contribution in [-0.4, -0.2) is 42.6 Å². The van der Waals surface area contributed by atoms with Crippen molar-refractivity contribution in [2.24, 2.45) is 34.0 Å². The normalized spacial score (nSPS) is 43.9. The third kappa shape index (κ3) is 3.88. The number of rotatable bonds is 4. The number of ether oxygens (including phenoxy) is 3. The van der Waals surface area contributed by atoms with E-state index in [-0.39, 0.29) is 21.2 Å². The van der Waals surface area contributed by atoms with Crippen LogP contribution in [0.25, 0.3) is 0 Å². The standard InChI is InChI=1S/C28H44O4S/c1-24(2)17-30-28(31-18-24)14-13-27(16-29)19(15-28)7-8-20-21-9-10-23(32-25(3,4)33-6)26(21,5)12-11-22(20)27/h11,16,19-21,23H,7-10,12-15,17-18H2,1-6H3. The van der Waals surface area contributed by atoms with Crippen molar-refractivity contribution >= 4 is 18.0 Å². The number of carbonyl (C=O) groups is 1. The minimum Gasteiger partial charge on any atom is -0.361 e. The van der Waals surface area contributed by atoms with Crippen LogP contribution >= 0.6 is 11.8 Å². The molecule has 0 N–H and O–H groups in total. The number of hydrogen-bond donors (Lipinski definition) is 0. The van der Waals surface area contributed by atoms with Crippen molar-refractivity contribution in [3.05, 3.63) is 11.6 Å². The van der Waals surface area contributed by atoms with Gasteiger partial charge in [-0.25, -0.2) is 0 Å². The van der Waals surface area contributed by atoms with Gasteiger partial charge in [0.2, 0.25) is 0 Å². The van der Waals surface area contributed by atoms with Gasteiger partial charge in [0.25, 0.3) is 0 Å². The van der Waals surface area contributed by atoms with E-state index in [2.05, 4.69) is 47.0 Å². The quantitative estimate of drug-likeness (QED) is 0.267. The number of thioether (sulfide) groups is 1. The number of fused-ring (bicyclic) bond motifs is 5. The van der Waals surface area contributed by atoms with Gasteiger partial charge in [0.15, 0.2) is 5.79 Å². The predicted octanol–water partition coefficient (Wildman–Crippen LogP) is 6.38. The highest BCUT2D eigenvalue weighted by molar-refractivity contribution is 7.99. The van der Waals surface area contributed by atoms with Gasteiger partial charge in [0, 0.05) is 23.7 Å². The maximum atomic E-state index is 12.9. The molecule has 1 heterocycles. The lowest BCUT2D eigenvalue weighted by molar-refractivity contribution is -0.322. The lowest BCUT2D eigenvalue weighted by Gasteiger charge is -2.58. The number of carbonyl (C=O) groups excluding carboxylic acids is 1. The molecular formula is C28H44O4S. The van der Waals surface area contributed by atoms with Gasteiger partial charge in [-0.1, -0.05) is 32.4 Å². The third-order valence-electron chi connectivity index (χ3n) is 10.1. The first-order chi connectivity index (χ1) is 15.5. The Bertz CT molecular complexity index is 809. The molecule has 5 aliphatic rings. The summed E-state index contributed by atoms with van der Waals surface area (Å²) in [6, 6.07) is 0. The fourth-order valence-electron chi connectivity index (χ4n) is 7.95. The molecule has 0 radical (unpaired) electrons. The molecule has 33 heavy (non-hydrogen) atoms. The van der Waals surface area contributed by atoms with E-state index < -0.39 is 5.79 Å². The van der Waals surface area contributed by atoms with Crippen LogP contribution in [0.3, 0.4) is 0 Å². The largest absolute Gasteiger partial charge is 0.361 e. The highest BCUT2D eigenvalue weighted by atomic mass is 32.2. The molecule has 186 valence electrons. The first-order valence-corrected chi connectivity index (χ1v) is 14.4. The molecule has 4 nitrogen and oxygen atoms in total. The van der Waals surface area contributed by atoms with Gasteiger partial charge in [-0.15, -0.1) is 11.8 Å². The fourth-order valence-corrected chi connectivity index (χ4v) is 8.16. The van der Waals surface area contributed by atoms with Crippen LogP contribution in [0.1, 0.15) is 86.0 Å². The van der Waals surface area contributed by atoms with Gasteiger partial charge in [-0.2, -0.15) is 0 Å². The molecule has 0 bridgehead atoms. The average molecular weight is 477 g/mol. The van der Waals surface area contributed by atoms with Crippen LogP contribution < -0.4 is 0 Å². The van der Waals surface area contributed by atoms with E-state index in [0.29, 0.717) is 23.9 Å². The molecule has 4 fully saturated rings. The summed E-state index contributed by atoms with van der Waals surface area (Å²) in [5.74, 6) is 1.01. The van der Waals surface area contributed by atoms with Crippen LogP contribution in [-0.2, 0) is 19.0 Å². The van der Waals surface area contributed by atoms with Crippen LogP contribution in [0.5, 0.6) is 0 Å². The molecule has 6 unspecified atom stereocenters. The van der Waals surface area contributed by atoms with Crippen molar-refractivity contribution in [3.63, 3.8) is 0 Å². The summed E-state index contributed by atoms with van der Waals surface area (Å²) in [4.78, 5) is 12.7. The van der Waals surface area contributed by atoms with E-state index in [1.54, 1.807) is 11.8 Å². The topological polar surface area (TPSA) is 44.8 Å². The lowest BCUT2D eigenvalue weighted by atomic mass is 9.48. The van der Waals surface area contributed by atoms with Crippen LogP contribution in [0.15, 0.2) is 11.6 Å². The molecule has 1 aliphatic heterocycles. The Morgan fingerprint density at radius 1 is 1.09 bits per heavy atom. The second kappa shape index (κ2) is 8.08. The second-order valence-corrected chi connectivity index (χ2v) is 14.6. The van der Waals surface area contributed by atoms with E-state index in [1.807, 2.05) is 0 Å². The first kappa shape index (κ1) is 24.3. The molecule has 5 rings (SSSR count). The Morgan fingerprint density at radius 3 is 2.48 bits per heavy atom. The maximum absolute atomic E-state index is 12.9. The molecule has 0 aromatic rings. The van der Waals surface area contributed by atoms with E-state index in [9.17, 15) is 4.79 Å². The zero-order valence-electron chi connectivity index (χ0n) is 21.6. The summed E-state index contributed by atoms with van der Waals surface area (Å²) in [6.45, 7) is 12.7. The van der Waals surface area contributed by atoms with Gasteiger partial charge in [-0.3, -0.25) is 0 Å². The summed E-state index contributed by atoms with van der Waals surface area (Å²) in [7, 11) is 0. The summed E-state index contributed by atoms with van der Waals surface area (Å²) < 4.78 is 19.4. The van der Waals surface area contributed by atoms with E-state index >= 15 is 0 Å². The minimum atomic E-state index is -0.473. The zero-order valence-corrected chi connectivity index (χ0v) is 22.4. The number of allylic oxidation sites excluding steroid dienone is 2. The minimum absolute atomic E-state index is 0.0738. The fraction of sp³-hybridized carbons (Fsp3) is 0.893. The van der Waals surface area contributed by atoms with E-state index in [4.69, 9.17) is 14.2 Å². The van der Waals surface area contributed by atoms with Gasteiger partial charge >= 0.3 is 0 Å². The van der Waals surface area contributed by atoms with Crippen LogP contribution in [0.4, 0.5) is 0 Å². The molecule has 0 aromatic heterocycles. The smallest absolute Gasteiger partial charge is 0.168 e. The summed E-state index contributed by atoms with van der Waals surface area (Å²) in [5, 5.41) is 0. The van der Waals surface area contributed by atoms with Gasteiger partial charge in [0.1, 0.15) is 11.2 Å². The van der Waals surface area contributed by atoms with Crippen LogP contribution in [0.2, 0.25) is 0 Å². The third-order valence-corrected chi connectivity index (χ3v) is 11.2. The second-order valence-electron chi connectivity index (χ2n) is 13.2. The molecule has 0 amide bonds. The van der Waals surface area contributed by atoms with Crippen molar-refractivity contribution in [1.29, 1.82) is 0 Å². The molecule has 1 saturated heterocycles. The van der Waals surface area contributed by atoms with Gasteiger partial charge < -0.3 is 19.0 Å². The van der Waals surface area contributed by atoms with Crippen LogP contribution in [0, 0.1) is 34.0 Å².